The number of aliphatic carboxylic acids is 7. The molecule has 0 rings (SSSR count). The Bertz CT molecular complexity index is 1950. The fraction of sp³-hybridized carbons (Fsp3) is 0.935. The first kappa shape index (κ1) is 167. The van der Waals surface area contributed by atoms with Crippen molar-refractivity contribution in [1.82, 2.24) is 4.90 Å². The molecule has 0 unspecified atom stereocenters. The minimum atomic E-state index is -0.909. The Labute approximate surface area is 1030 Å². The number of rotatable bonds is 94. The molecule has 0 amide bonds. The van der Waals surface area contributed by atoms with E-state index in [-0.39, 0.29) is 323 Å². The van der Waals surface area contributed by atoms with Gasteiger partial charge < -0.3 is 79.8 Å². The Kier molecular flexibility index (Phi) is 207. The van der Waals surface area contributed by atoms with Crippen molar-refractivity contribution < 1.29 is 349 Å². The molecule has 0 aliphatic rings. The summed E-state index contributed by atoms with van der Waals surface area (Å²) < 4.78 is 0. The number of unbranched alkanes of at least 4 members (excludes halogenated alkanes) is 74. The van der Waals surface area contributed by atoms with Gasteiger partial charge in [0.05, 0.1) is 19.8 Å². The zero-order valence-corrected chi connectivity index (χ0v) is 107. The maximum Gasteiger partial charge on any atom is 1.00 e. The second-order valence-corrected chi connectivity index (χ2v) is 36.1. The van der Waals surface area contributed by atoms with Crippen molar-refractivity contribution in [1.29, 1.82) is 0 Å². The summed E-state index contributed by atoms with van der Waals surface area (Å²) in [6.07, 6.45) is 104. The van der Waals surface area contributed by atoms with Gasteiger partial charge in [0.1, 0.15) is 0 Å². The molecule has 758 valence electrons. The molecule has 0 aromatic carbocycles. The number of aliphatic hydroxyl groups excluding tert-OH is 3. The van der Waals surface area contributed by atoms with E-state index in [9.17, 15) is 64.2 Å². The average molecular weight is 2000 g/mol. The van der Waals surface area contributed by atoms with Crippen LogP contribution >= 0.6 is 0 Å². The molecule has 0 spiro atoms. The van der Waals surface area contributed by atoms with E-state index in [4.69, 9.17) is 20.4 Å². The zero-order chi connectivity index (χ0) is 95.1. The third-order valence-electron chi connectivity index (χ3n) is 23.1. The molecule has 0 atom stereocenters. The van der Waals surface area contributed by atoms with Crippen molar-refractivity contribution in [3.05, 3.63) is 0 Å². The summed E-state index contributed by atoms with van der Waals surface area (Å²) in [6.45, 7) is 17.5. The number of carbonyl (C=O) groups is 7. The number of aliphatic hydroxyl groups is 3. The van der Waals surface area contributed by atoms with E-state index in [1.165, 1.54) is 430 Å². The van der Waals surface area contributed by atoms with E-state index in [1.807, 2.05) is 0 Å². The van der Waals surface area contributed by atoms with Crippen molar-refractivity contribution in [2.24, 2.45) is 0 Å². The van der Waals surface area contributed by atoms with Crippen LogP contribution in [0.5, 0.6) is 0 Å². The average Bonchev–Trinajstić information content (AvgIpc) is 1.03. The molecular weight excluding hydrogens is 1790 g/mol. The van der Waals surface area contributed by atoms with Gasteiger partial charge in [-0.15, -0.1) is 0 Å². The summed E-state index contributed by atoms with van der Waals surface area (Å²) in [6, 6.07) is 0. The normalized spacial score (nSPS) is 10.1. The van der Waals surface area contributed by atoms with Crippen LogP contribution in [0.2, 0.25) is 0 Å². The summed E-state index contributed by atoms with van der Waals surface area (Å²) >= 11 is 0. The maximum atomic E-state index is 10.3. The SMILES string of the molecule is CCCCCCCCCCCC(=O)[O-].CCCCCCCCCCCC(=O)[O-].CCCCCCCCCCCCCC(=O)[O-].CCCCCCCCCCCCCC(=O)[O-].CCCCCCCCCCCCCCCC(=O)O.CCCCCCCCCCCCCCCC(=O)[O-].CCCCCCCCCCCCCCCCCC(=O)[O-].OCCN(CCO)CCO.[K+].[K+].[K+].[K+].[Na+].[Na+]. The fourth-order valence-corrected chi connectivity index (χ4v) is 15.0. The Balaban J connectivity index is -0.000000100. The van der Waals surface area contributed by atoms with Crippen LogP contribution in [0.4, 0.5) is 0 Å². The Hall–Kier alpha value is 4.68. The Morgan fingerprint density at radius 2 is 0.250 bits per heavy atom. The maximum absolute atomic E-state index is 10.3. The van der Waals surface area contributed by atoms with Gasteiger partial charge in [0.25, 0.3) is 0 Å². The predicted molar refractivity (Wildman–Crippen MR) is 521 cm³/mol. The Morgan fingerprint density at radius 1 is 0.167 bits per heavy atom. The standard InChI is InChI=1S/C18H36O2.2C16H32O2.2C14H28O2.2C12H24O2.C6H15NO3.4K.2Na/c1-2-3-4-5-6-7-8-9-10-11-12-13-14-15-16-17-18(19)20;2*1-2-3-4-5-6-7-8-9-10-11-12-13-14-15-16(17)18;2*1-2-3-4-5-6-7-8-9-10-11-12-13-14(15)16;2*1-2-3-4-5-6-7-8-9-10-11-12(13)14;8-4-1-7(2-5-9)3-6-10;;;;;;/h2-17H2,1H3,(H,19,20);2*2-15H2,1H3,(H,17,18);2*2-13H2,1H3,(H,15,16);2*2-11H2,1H3,(H,13,14);8-10H,1-6H2;;;;;;/q;;;;;;;;6*+1/p-6. The first-order chi connectivity index (χ1) is 61.2. The van der Waals surface area contributed by atoms with Crippen LogP contribution in [0.1, 0.15) is 613 Å². The van der Waals surface area contributed by atoms with Crippen LogP contribution in [0.25, 0.3) is 0 Å². The zero-order valence-electron chi connectivity index (χ0n) is 90.5. The fourth-order valence-electron chi connectivity index (χ4n) is 15.0. The van der Waals surface area contributed by atoms with Crippen molar-refractivity contribution in [3.63, 3.8) is 0 Å². The molecule has 0 fully saturated rings. The summed E-state index contributed by atoms with van der Waals surface area (Å²) in [5.74, 6) is -6.09. The molecule has 18 nitrogen and oxygen atoms in total. The topological polar surface area (TPSA) is 342 Å². The molecule has 0 heterocycles. The first-order valence-corrected chi connectivity index (χ1v) is 54.2. The van der Waals surface area contributed by atoms with Crippen molar-refractivity contribution >= 4 is 41.8 Å². The van der Waals surface area contributed by atoms with Gasteiger partial charge in [-0.1, -0.05) is 524 Å². The van der Waals surface area contributed by atoms with Gasteiger partial charge in [-0.25, -0.2) is 0 Å². The number of nitrogens with zero attached hydrogens (tertiary/aromatic N) is 1. The van der Waals surface area contributed by atoms with Gasteiger partial charge in [0.15, 0.2) is 0 Å². The second-order valence-electron chi connectivity index (χ2n) is 36.1. The molecule has 4 N–H and O–H groups in total. The van der Waals surface area contributed by atoms with E-state index < -0.39 is 41.8 Å². The van der Waals surface area contributed by atoms with E-state index >= 15 is 0 Å². The van der Waals surface area contributed by atoms with E-state index in [2.05, 4.69) is 48.5 Å². The summed E-state index contributed by atoms with van der Waals surface area (Å²) in [4.78, 5) is 73.0. The van der Waals surface area contributed by atoms with Crippen molar-refractivity contribution in [3.8, 4) is 0 Å². The molecule has 0 aromatic heterocycles. The molecule has 0 aliphatic heterocycles. The molecule has 132 heavy (non-hydrogen) atoms. The molecule has 0 saturated heterocycles. The third kappa shape index (κ3) is 204. The Morgan fingerprint density at radius 3 is 0.326 bits per heavy atom. The van der Waals surface area contributed by atoms with Crippen LogP contribution in [0.3, 0.4) is 0 Å². The molecule has 0 aliphatic carbocycles. The smallest absolute Gasteiger partial charge is 0.550 e. The van der Waals surface area contributed by atoms with Gasteiger partial charge in [-0.05, 0) is 83.5 Å². The predicted octanol–water partition coefficient (Wildman–Crippen LogP) is 7.25. The van der Waals surface area contributed by atoms with Crippen LogP contribution in [0.15, 0.2) is 0 Å². The second kappa shape index (κ2) is 164. The third-order valence-corrected chi connectivity index (χ3v) is 23.1. The van der Waals surface area contributed by atoms with Gasteiger partial charge in [0.2, 0.25) is 0 Å². The summed E-state index contributed by atoms with van der Waals surface area (Å²) in [7, 11) is 0. The summed E-state index contributed by atoms with van der Waals surface area (Å²) in [5.41, 5.74) is 0. The van der Waals surface area contributed by atoms with Crippen LogP contribution in [-0.4, -0.2) is 107 Å². The van der Waals surface area contributed by atoms with E-state index in [1.54, 1.807) is 4.90 Å². The van der Waals surface area contributed by atoms with Crippen LogP contribution in [-0.2, 0) is 33.6 Å². The van der Waals surface area contributed by atoms with E-state index in [0.29, 0.717) is 26.1 Å². The van der Waals surface area contributed by atoms with Gasteiger partial charge in [0, 0.05) is 61.9 Å². The molecule has 0 aromatic rings. The number of carboxylic acid groups (broad SMARTS) is 7. The van der Waals surface area contributed by atoms with Crippen molar-refractivity contribution in [2.75, 3.05) is 39.5 Å². The minimum Gasteiger partial charge on any atom is -0.550 e. The van der Waals surface area contributed by atoms with Crippen molar-refractivity contribution in [2.45, 2.75) is 613 Å². The summed E-state index contributed by atoms with van der Waals surface area (Å²) in [5, 5.41) is 94.8. The van der Waals surface area contributed by atoms with Gasteiger partial charge >= 0.3 is 271 Å². The quantitative estimate of drug-likeness (QED) is 0.0344. The molecule has 24 heteroatoms. The van der Waals surface area contributed by atoms with Crippen LogP contribution < -0.4 is 295 Å². The molecule has 0 radical (unpaired) electrons. The van der Waals surface area contributed by atoms with Crippen LogP contribution in [0, 0.1) is 0 Å². The largest absolute Gasteiger partial charge is 1.00 e. The minimum absolute atomic E-state index is 0. The van der Waals surface area contributed by atoms with Gasteiger partial charge in [-0.3, -0.25) is 9.69 Å². The number of carboxylic acids is 7. The molecule has 0 bridgehead atoms. The first-order valence-electron chi connectivity index (χ1n) is 54.2. The molecule has 0 saturated carbocycles. The van der Waals surface area contributed by atoms with E-state index in [0.717, 1.165) is 89.9 Å². The number of carbonyl (C=O) groups excluding carboxylic acids is 6. The van der Waals surface area contributed by atoms with Gasteiger partial charge in [-0.2, -0.15) is 0 Å². The molecular formula is C108H213K4NNa2O17. The monoisotopic (exact) mass is 2000 g/mol. The number of hydrogen-bond donors (Lipinski definition) is 4. The number of hydrogen-bond acceptors (Lipinski definition) is 17.